The average molecular weight is 237 g/mol. The molecule has 0 saturated carbocycles. The average Bonchev–Trinajstić information content (AvgIpc) is 2.45. The van der Waals surface area contributed by atoms with Crippen molar-refractivity contribution in [1.29, 1.82) is 0 Å². The minimum absolute atomic E-state index is 1.01. The van der Waals surface area contributed by atoms with Gasteiger partial charge in [-0.25, -0.2) is 0 Å². The Balaban J connectivity index is 2.15. The fraction of sp³-hybridized carbons (Fsp3) is 0.176. The van der Waals surface area contributed by atoms with E-state index in [1.807, 2.05) is 13.1 Å². The van der Waals surface area contributed by atoms with E-state index >= 15 is 0 Å². The molecule has 0 heterocycles. The Morgan fingerprint density at radius 2 is 1.61 bits per heavy atom. The van der Waals surface area contributed by atoms with Crippen LogP contribution in [0, 0.1) is 0 Å². The van der Waals surface area contributed by atoms with Crippen LogP contribution in [0.3, 0.4) is 0 Å². The molecule has 0 bridgehead atoms. The smallest absolute Gasteiger partial charge is 0.00111 e. The summed E-state index contributed by atoms with van der Waals surface area (Å²) >= 11 is 0. The Kier molecular flexibility index (Phi) is 4.74. The van der Waals surface area contributed by atoms with Crippen LogP contribution in [0.25, 0.3) is 12.2 Å². The van der Waals surface area contributed by atoms with Gasteiger partial charge < -0.3 is 5.32 Å². The fourth-order valence-electron chi connectivity index (χ4n) is 1.93. The summed E-state index contributed by atoms with van der Waals surface area (Å²) in [7, 11) is 1.99. The Morgan fingerprint density at radius 3 is 2.39 bits per heavy atom. The van der Waals surface area contributed by atoms with Gasteiger partial charge >= 0.3 is 0 Å². The second-order valence-electron chi connectivity index (χ2n) is 4.30. The summed E-state index contributed by atoms with van der Waals surface area (Å²) in [6.45, 7) is 1.01. The third kappa shape index (κ3) is 3.57. The van der Waals surface area contributed by atoms with Crippen molar-refractivity contribution in [2.24, 2.45) is 0 Å². The van der Waals surface area contributed by atoms with E-state index < -0.39 is 0 Å². The summed E-state index contributed by atoms with van der Waals surface area (Å²) in [5, 5.41) is 3.19. The molecule has 0 spiro atoms. The summed E-state index contributed by atoms with van der Waals surface area (Å²) < 4.78 is 0. The third-order valence-corrected chi connectivity index (χ3v) is 2.95. The van der Waals surface area contributed by atoms with E-state index in [9.17, 15) is 0 Å². The Morgan fingerprint density at radius 1 is 0.889 bits per heavy atom. The molecule has 0 aliphatic carbocycles. The number of benzene rings is 2. The van der Waals surface area contributed by atoms with Crippen molar-refractivity contribution in [1.82, 2.24) is 5.32 Å². The van der Waals surface area contributed by atoms with Crippen LogP contribution in [0.2, 0.25) is 0 Å². The molecular weight excluding hydrogens is 218 g/mol. The summed E-state index contributed by atoms with van der Waals surface area (Å²) in [6.07, 6.45) is 5.42. The Hall–Kier alpha value is -1.86. The molecule has 2 aromatic carbocycles. The molecule has 1 heteroatoms. The maximum absolute atomic E-state index is 3.19. The van der Waals surface area contributed by atoms with Crippen LogP contribution in [-0.4, -0.2) is 13.6 Å². The number of likely N-dealkylation sites (N-methyl/N-ethyl adjacent to an activating group) is 1. The van der Waals surface area contributed by atoms with Gasteiger partial charge in [-0.1, -0.05) is 66.7 Å². The minimum Gasteiger partial charge on any atom is -0.319 e. The molecule has 0 saturated heterocycles. The molecule has 2 rings (SSSR count). The molecule has 0 aliphatic rings. The second-order valence-corrected chi connectivity index (χ2v) is 4.30. The molecule has 0 atom stereocenters. The van der Waals surface area contributed by atoms with Gasteiger partial charge in [0, 0.05) is 0 Å². The molecular formula is C17H19N. The number of nitrogens with one attached hydrogen (secondary N) is 1. The molecule has 1 nitrogen and oxygen atoms in total. The minimum atomic E-state index is 1.01. The molecule has 92 valence electrons. The van der Waals surface area contributed by atoms with Crippen molar-refractivity contribution in [2.45, 2.75) is 6.42 Å². The highest BCUT2D eigenvalue weighted by molar-refractivity contribution is 5.71. The lowest BCUT2D eigenvalue weighted by molar-refractivity contribution is 0.791. The zero-order chi connectivity index (χ0) is 12.6. The highest BCUT2D eigenvalue weighted by Gasteiger charge is 1.97. The summed E-state index contributed by atoms with van der Waals surface area (Å²) in [6, 6.07) is 19.0. The normalized spacial score (nSPS) is 10.9. The van der Waals surface area contributed by atoms with Crippen LogP contribution >= 0.6 is 0 Å². The summed E-state index contributed by atoms with van der Waals surface area (Å²) in [4.78, 5) is 0. The van der Waals surface area contributed by atoms with Gasteiger partial charge in [0.1, 0.15) is 0 Å². The number of rotatable bonds is 5. The van der Waals surface area contributed by atoms with Crippen LogP contribution in [0.4, 0.5) is 0 Å². The summed E-state index contributed by atoms with van der Waals surface area (Å²) in [5.41, 5.74) is 3.93. The highest BCUT2D eigenvalue weighted by atomic mass is 14.8. The van der Waals surface area contributed by atoms with Gasteiger partial charge in [-0.15, -0.1) is 0 Å². The van der Waals surface area contributed by atoms with Gasteiger partial charge in [-0.2, -0.15) is 0 Å². The maximum atomic E-state index is 3.19. The van der Waals surface area contributed by atoms with E-state index in [2.05, 4.69) is 66.0 Å². The molecule has 2 aromatic rings. The van der Waals surface area contributed by atoms with Crippen LogP contribution in [-0.2, 0) is 6.42 Å². The molecule has 1 N–H and O–H groups in total. The van der Waals surface area contributed by atoms with Crippen molar-refractivity contribution in [3.63, 3.8) is 0 Å². The first-order chi connectivity index (χ1) is 8.90. The molecule has 0 aromatic heterocycles. The van der Waals surface area contributed by atoms with Crippen LogP contribution in [0.1, 0.15) is 16.7 Å². The lowest BCUT2D eigenvalue weighted by Crippen LogP contribution is -2.10. The number of hydrogen-bond donors (Lipinski definition) is 1. The first-order valence-corrected chi connectivity index (χ1v) is 6.36. The van der Waals surface area contributed by atoms with Gasteiger partial charge in [0.05, 0.1) is 0 Å². The highest BCUT2D eigenvalue weighted by Crippen LogP contribution is 2.13. The lowest BCUT2D eigenvalue weighted by Gasteiger charge is -2.05. The van der Waals surface area contributed by atoms with E-state index in [1.165, 1.54) is 16.7 Å². The van der Waals surface area contributed by atoms with Gasteiger partial charge in [-0.3, -0.25) is 0 Å². The van der Waals surface area contributed by atoms with E-state index in [-0.39, 0.29) is 0 Å². The molecule has 0 aliphatic heterocycles. The van der Waals surface area contributed by atoms with E-state index in [0.29, 0.717) is 0 Å². The van der Waals surface area contributed by atoms with Crippen molar-refractivity contribution in [2.75, 3.05) is 13.6 Å². The lowest BCUT2D eigenvalue weighted by atomic mass is 10.0. The van der Waals surface area contributed by atoms with Gasteiger partial charge in [0.25, 0.3) is 0 Å². The second kappa shape index (κ2) is 6.77. The van der Waals surface area contributed by atoms with Crippen molar-refractivity contribution in [3.8, 4) is 0 Å². The van der Waals surface area contributed by atoms with Crippen molar-refractivity contribution >= 4 is 12.2 Å². The van der Waals surface area contributed by atoms with Crippen LogP contribution < -0.4 is 5.32 Å². The van der Waals surface area contributed by atoms with E-state index in [4.69, 9.17) is 0 Å². The topological polar surface area (TPSA) is 12.0 Å². The quantitative estimate of drug-likeness (QED) is 0.783. The predicted octanol–water partition coefficient (Wildman–Crippen LogP) is 3.62. The van der Waals surface area contributed by atoms with Crippen LogP contribution in [0.5, 0.6) is 0 Å². The van der Waals surface area contributed by atoms with Crippen LogP contribution in [0.15, 0.2) is 54.6 Å². The maximum Gasteiger partial charge on any atom is -0.00111 e. The van der Waals surface area contributed by atoms with E-state index in [0.717, 1.165) is 13.0 Å². The van der Waals surface area contributed by atoms with Crippen molar-refractivity contribution < 1.29 is 0 Å². The Labute approximate surface area is 109 Å². The largest absolute Gasteiger partial charge is 0.319 e. The first kappa shape index (κ1) is 12.6. The molecule has 0 unspecified atom stereocenters. The third-order valence-electron chi connectivity index (χ3n) is 2.95. The molecule has 0 radical (unpaired) electrons. The SMILES string of the molecule is CNCCc1ccccc1C=Cc1ccccc1. The molecule has 18 heavy (non-hydrogen) atoms. The van der Waals surface area contributed by atoms with Gasteiger partial charge in [0.15, 0.2) is 0 Å². The Bertz CT molecular complexity index is 500. The number of hydrogen-bond acceptors (Lipinski definition) is 1. The van der Waals surface area contributed by atoms with E-state index in [1.54, 1.807) is 0 Å². The molecule has 0 amide bonds. The van der Waals surface area contributed by atoms with Gasteiger partial charge in [-0.05, 0) is 36.7 Å². The standard InChI is InChI=1S/C17H19N/c1-18-14-13-17-10-6-5-9-16(17)12-11-15-7-3-2-4-8-15/h2-12,18H,13-14H2,1H3. The summed E-state index contributed by atoms with van der Waals surface area (Å²) in [5.74, 6) is 0. The van der Waals surface area contributed by atoms with Crippen molar-refractivity contribution in [3.05, 3.63) is 71.3 Å². The monoisotopic (exact) mass is 237 g/mol. The molecule has 0 fully saturated rings. The zero-order valence-electron chi connectivity index (χ0n) is 10.8. The first-order valence-electron chi connectivity index (χ1n) is 6.36. The fourth-order valence-corrected chi connectivity index (χ4v) is 1.93. The zero-order valence-corrected chi connectivity index (χ0v) is 10.8. The van der Waals surface area contributed by atoms with Gasteiger partial charge in [0.2, 0.25) is 0 Å². The predicted molar refractivity (Wildman–Crippen MR) is 79.4 cm³/mol.